The highest BCUT2D eigenvalue weighted by Gasteiger charge is 2.36. The zero-order valence-electron chi connectivity index (χ0n) is 21.4. The van der Waals surface area contributed by atoms with E-state index in [1.54, 1.807) is 0 Å². The predicted octanol–water partition coefficient (Wildman–Crippen LogP) is 10.4. The van der Waals surface area contributed by atoms with Crippen LogP contribution < -0.4 is 0 Å². The lowest BCUT2D eigenvalue weighted by Gasteiger charge is -2.26. The van der Waals surface area contributed by atoms with E-state index in [4.69, 9.17) is 0 Å². The van der Waals surface area contributed by atoms with E-state index in [0.717, 1.165) is 5.57 Å². The smallest absolute Gasteiger partial charge is 0.0207 e. The Morgan fingerprint density at radius 3 is 2.16 bits per heavy atom. The van der Waals surface area contributed by atoms with Crippen molar-refractivity contribution in [2.75, 3.05) is 0 Å². The zero-order chi connectivity index (χ0) is 25.3. The molecule has 0 nitrogen and oxygen atoms in total. The van der Waals surface area contributed by atoms with Crippen LogP contribution in [0, 0.1) is 0 Å². The molecule has 0 N–H and O–H groups in total. The third-order valence-corrected chi connectivity index (χ3v) is 9.23. The molecular formula is C36H28S. The summed E-state index contributed by atoms with van der Waals surface area (Å²) < 4.78 is 0. The Morgan fingerprint density at radius 1 is 0.676 bits per heavy atom. The number of allylic oxidation sites excluding steroid dienone is 1. The number of hydrogen-bond acceptors (Lipinski definition) is 1. The van der Waals surface area contributed by atoms with Crippen molar-refractivity contribution in [2.24, 2.45) is 0 Å². The van der Waals surface area contributed by atoms with Crippen LogP contribution in [0.3, 0.4) is 0 Å². The van der Waals surface area contributed by atoms with Gasteiger partial charge in [-0.25, -0.2) is 0 Å². The molecule has 0 saturated carbocycles. The summed E-state index contributed by atoms with van der Waals surface area (Å²) in [4.78, 5) is 2.56. The van der Waals surface area contributed by atoms with Crippen LogP contribution in [0.2, 0.25) is 0 Å². The molecule has 1 aliphatic heterocycles. The standard InChI is InChI=1S/C36H28S/c1-5-10-23-13-8-15-32-34(23)22(2)35-27(14-9-16-33(35)37-32)26-17-18-28-29-19-24-11-6-7-12-25(24)20-31(29)36(3,4)30(28)21-26/h5-21H,2H2,1,3-4H3/b10-5-. The lowest BCUT2D eigenvalue weighted by molar-refractivity contribution is 0.661. The second-order valence-electron chi connectivity index (χ2n) is 10.6. The molecule has 2 aliphatic rings. The van der Waals surface area contributed by atoms with Crippen LogP contribution in [0.4, 0.5) is 0 Å². The number of rotatable bonds is 2. The molecule has 0 bridgehead atoms. The topological polar surface area (TPSA) is 0 Å². The molecule has 7 rings (SSSR count). The van der Waals surface area contributed by atoms with Crippen LogP contribution >= 0.6 is 11.8 Å². The minimum Gasteiger partial charge on any atom is -0.0904 e. The molecule has 0 radical (unpaired) electrons. The average Bonchev–Trinajstić information content (AvgIpc) is 3.13. The summed E-state index contributed by atoms with van der Waals surface area (Å²) in [6.07, 6.45) is 4.30. The molecule has 0 amide bonds. The van der Waals surface area contributed by atoms with Crippen LogP contribution in [0.25, 0.3) is 44.7 Å². The first-order chi connectivity index (χ1) is 18.0. The molecular weight excluding hydrogens is 464 g/mol. The molecule has 5 aromatic carbocycles. The lowest BCUT2D eigenvalue weighted by Crippen LogP contribution is -2.15. The Bertz CT molecular complexity index is 1800. The van der Waals surface area contributed by atoms with E-state index in [0.29, 0.717) is 0 Å². The molecule has 1 aliphatic carbocycles. The van der Waals surface area contributed by atoms with E-state index in [2.05, 4.69) is 130 Å². The van der Waals surface area contributed by atoms with Gasteiger partial charge in [-0.2, -0.15) is 0 Å². The summed E-state index contributed by atoms with van der Waals surface area (Å²) in [7, 11) is 0. The second-order valence-corrected chi connectivity index (χ2v) is 11.7. The van der Waals surface area contributed by atoms with Crippen molar-refractivity contribution in [3.63, 3.8) is 0 Å². The van der Waals surface area contributed by atoms with Crippen LogP contribution in [0.1, 0.15) is 48.6 Å². The van der Waals surface area contributed by atoms with Gasteiger partial charge >= 0.3 is 0 Å². The highest BCUT2D eigenvalue weighted by molar-refractivity contribution is 7.99. The Morgan fingerprint density at radius 2 is 1.38 bits per heavy atom. The third kappa shape index (κ3) is 3.24. The van der Waals surface area contributed by atoms with Crippen LogP contribution in [-0.2, 0) is 5.41 Å². The summed E-state index contributed by atoms with van der Waals surface area (Å²) in [6.45, 7) is 11.4. The number of fused-ring (bicyclic) bond motifs is 6. The summed E-state index contributed by atoms with van der Waals surface area (Å²) >= 11 is 1.86. The second kappa shape index (κ2) is 8.10. The van der Waals surface area contributed by atoms with Gasteiger partial charge in [0.15, 0.2) is 0 Å². The molecule has 178 valence electrons. The lowest BCUT2D eigenvalue weighted by atomic mass is 9.80. The fraction of sp³-hybridized carbons (Fsp3) is 0.111. The van der Waals surface area contributed by atoms with Crippen molar-refractivity contribution in [3.05, 3.63) is 131 Å². The van der Waals surface area contributed by atoms with Gasteiger partial charge in [0, 0.05) is 26.3 Å². The molecule has 0 atom stereocenters. The molecule has 0 saturated heterocycles. The van der Waals surface area contributed by atoms with Gasteiger partial charge in [0.1, 0.15) is 0 Å². The summed E-state index contributed by atoms with van der Waals surface area (Å²) in [6, 6.07) is 33.8. The highest BCUT2D eigenvalue weighted by Crippen LogP contribution is 2.53. The number of hydrogen-bond donors (Lipinski definition) is 0. The van der Waals surface area contributed by atoms with Crippen molar-refractivity contribution in [1.82, 2.24) is 0 Å². The maximum atomic E-state index is 4.64. The van der Waals surface area contributed by atoms with Gasteiger partial charge in [0.05, 0.1) is 0 Å². The first kappa shape index (κ1) is 22.4. The fourth-order valence-corrected chi connectivity index (χ4v) is 7.48. The predicted molar refractivity (Wildman–Crippen MR) is 160 cm³/mol. The highest BCUT2D eigenvalue weighted by atomic mass is 32.2. The van der Waals surface area contributed by atoms with E-state index < -0.39 is 0 Å². The van der Waals surface area contributed by atoms with Crippen LogP contribution in [0.15, 0.2) is 113 Å². The van der Waals surface area contributed by atoms with E-state index >= 15 is 0 Å². The fourth-order valence-electron chi connectivity index (χ4n) is 6.28. The molecule has 5 aromatic rings. The van der Waals surface area contributed by atoms with Crippen LogP contribution in [0.5, 0.6) is 0 Å². The maximum absolute atomic E-state index is 4.64. The Balaban J connectivity index is 1.40. The molecule has 37 heavy (non-hydrogen) atoms. The van der Waals surface area contributed by atoms with Gasteiger partial charge in [0.25, 0.3) is 0 Å². The number of benzene rings is 5. The van der Waals surface area contributed by atoms with Gasteiger partial charge in [-0.1, -0.05) is 105 Å². The van der Waals surface area contributed by atoms with Crippen molar-refractivity contribution >= 4 is 34.2 Å². The first-order valence-electron chi connectivity index (χ1n) is 12.9. The Hall–Kier alpha value is -3.81. The monoisotopic (exact) mass is 492 g/mol. The van der Waals surface area contributed by atoms with Gasteiger partial charge in [0.2, 0.25) is 0 Å². The van der Waals surface area contributed by atoms with Gasteiger partial charge in [-0.15, -0.1) is 0 Å². The largest absolute Gasteiger partial charge is 0.0904 e. The minimum absolute atomic E-state index is 0.0585. The summed E-state index contributed by atoms with van der Waals surface area (Å²) in [5, 5.41) is 2.61. The maximum Gasteiger partial charge on any atom is 0.0207 e. The van der Waals surface area contributed by atoms with Crippen LogP contribution in [-0.4, -0.2) is 0 Å². The average molecular weight is 493 g/mol. The van der Waals surface area contributed by atoms with E-state index in [1.807, 2.05) is 11.8 Å². The molecule has 0 fully saturated rings. The Kier molecular flexibility index (Phi) is 4.90. The van der Waals surface area contributed by atoms with Gasteiger partial charge in [-0.05, 0) is 92.5 Å². The van der Waals surface area contributed by atoms with Crippen molar-refractivity contribution in [3.8, 4) is 22.3 Å². The van der Waals surface area contributed by atoms with Crippen molar-refractivity contribution < 1.29 is 0 Å². The van der Waals surface area contributed by atoms with Gasteiger partial charge in [-0.3, -0.25) is 0 Å². The molecule has 1 heteroatoms. The van der Waals surface area contributed by atoms with E-state index in [-0.39, 0.29) is 5.41 Å². The first-order valence-corrected chi connectivity index (χ1v) is 13.7. The molecule has 0 unspecified atom stereocenters. The Labute approximate surface area is 223 Å². The van der Waals surface area contributed by atoms with Gasteiger partial charge < -0.3 is 0 Å². The SMILES string of the molecule is C=C1c2c(/C=C\C)cccc2Sc2cccc(-c3ccc4c(c3)C(C)(C)c3cc5ccccc5cc3-4)c21. The summed E-state index contributed by atoms with van der Waals surface area (Å²) in [5.41, 5.74) is 12.9. The zero-order valence-corrected chi connectivity index (χ0v) is 22.2. The third-order valence-electron chi connectivity index (χ3n) is 8.11. The molecule has 0 aromatic heterocycles. The van der Waals surface area contributed by atoms with Crippen molar-refractivity contribution in [1.29, 1.82) is 0 Å². The van der Waals surface area contributed by atoms with Crippen molar-refractivity contribution in [2.45, 2.75) is 36.0 Å². The molecule has 1 heterocycles. The minimum atomic E-state index is -0.0585. The summed E-state index contributed by atoms with van der Waals surface area (Å²) in [5.74, 6) is 0. The quantitative estimate of drug-likeness (QED) is 0.232. The normalized spacial score (nSPS) is 14.9. The molecule has 0 spiro atoms. The van der Waals surface area contributed by atoms with E-state index in [1.165, 1.54) is 70.6 Å². The van der Waals surface area contributed by atoms with E-state index in [9.17, 15) is 0 Å².